The summed E-state index contributed by atoms with van der Waals surface area (Å²) in [4.78, 5) is 19.6. The van der Waals surface area contributed by atoms with Crippen LogP contribution in [0.5, 0.6) is 0 Å². The summed E-state index contributed by atoms with van der Waals surface area (Å²) < 4.78 is 0. The predicted molar refractivity (Wildman–Crippen MR) is 130 cm³/mol. The molecule has 1 atom stereocenters. The minimum Gasteiger partial charge on any atom is -0.339 e. The standard InChI is InChI=1S/C27H37N3O/c1-5-17-28-18-20-30(21-19-28)26(23-11-9-22(6-2)10-12-23)24-13-15-25(16-14-24)27(31)29(7-3)8-4/h5,9-16,26H,1,6-8,17-21H2,2-4H3. The summed E-state index contributed by atoms with van der Waals surface area (Å²) in [5, 5.41) is 0. The molecule has 0 aromatic heterocycles. The van der Waals surface area contributed by atoms with E-state index in [0.717, 1.165) is 57.8 Å². The molecule has 0 aliphatic carbocycles. The maximum absolute atomic E-state index is 12.7. The van der Waals surface area contributed by atoms with Crippen LogP contribution in [-0.2, 0) is 6.42 Å². The van der Waals surface area contributed by atoms with Gasteiger partial charge < -0.3 is 4.90 Å². The van der Waals surface area contributed by atoms with E-state index in [9.17, 15) is 4.79 Å². The number of rotatable bonds is 9. The molecule has 4 heteroatoms. The molecule has 0 N–H and O–H groups in total. The lowest BCUT2D eigenvalue weighted by molar-refractivity contribution is 0.0773. The van der Waals surface area contributed by atoms with E-state index in [1.807, 2.05) is 37.0 Å². The molecule has 1 saturated heterocycles. The van der Waals surface area contributed by atoms with Gasteiger partial charge in [-0.3, -0.25) is 14.6 Å². The van der Waals surface area contributed by atoms with Gasteiger partial charge in [-0.15, -0.1) is 6.58 Å². The molecule has 0 radical (unpaired) electrons. The van der Waals surface area contributed by atoms with Gasteiger partial charge in [0.1, 0.15) is 0 Å². The zero-order valence-corrected chi connectivity index (χ0v) is 19.4. The monoisotopic (exact) mass is 419 g/mol. The van der Waals surface area contributed by atoms with Gasteiger partial charge in [-0.05, 0) is 49.1 Å². The summed E-state index contributed by atoms with van der Waals surface area (Å²) in [6.07, 6.45) is 3.04. The first-order valence-electron chi connectivity index (χ1n) is 11.7. The highest BCUT2D eigenvalue weighted by Gasteiger charge is 2.26. The van der Waals surface area contributed by atoms with Crippen LogP contribution in [0.15, 0.2) is 61.2 Å². The number of hydrogen-bond donors (Lipinski definition) is 0. The average molecular weight is 420 g/mol. The number of carbonyl (C=O) groups is 1. The Morgan fingerprint density at radius 2 is 1.48 bits per heavy atom. The fraction of sp³-hybridized carbons (Fsp3) is 0.444. The Morgan fingerprint density at radius 1 is 0.935 bits per heavy atom. The summed E-state index contributed by atoms with van der Waals surface area (Å²) in [6.45, 7) is 16.7. The van der Waals surface area contributed by atoms with Gasteiger partial charge in [0, 0.05) is 51.4 Å². The molecule has 3 rings (SSSR count). The van der Waals surface area contributed by atoms with E-state index in [0.29, 0.717) is 0 Å². The highest BCUT2D eigenvalue weighted by molar-refractivity contribution is 5.94. The van der Waals surface area contributed by atoms with Gasteiger partial charge in [0.2, 0.25) is 0 Å². The van der Waals surface area contributed by atoms with Gasteiger partial charge in [-0.25, -0.2) is 0 Å². The topological polar surface area (TPSA) is 26.8 Å². The largest absolute Gasteiger partial charge is 0.339 e. The third kappa shape index (κ3) is 5.63. The summed E-state index contributed by atoms with van der Waals surface area (Å²) in [5.74, 6) is 0.110. The summed E-state index contributed by atoms with van der Waals surface area (Å²) in [7, 11) is 0. The number of piperazine rings is 1. The average Bonchev–Trinajstić information content (AvgIpc) is 2.82. The number of nitrogens with zero attached hydrogens (tertiary/aromatic N) is 3. The quantitative estimate of drug-likeness (QED) is 0.555. The van der Waals surface area contributed by atoms with Crippen molar-refractivity contribution in [3.8, 4) is 0 Å². The van der Waals surface area contributed by atoms with E-state index in [1.165, 1.54) is 16.7 Å². The molecule has 2 aromatic rings. The Hall–Kier alpha value is -2.43. The molecular weight excluding hydrogens is 382 g/mol. The molecule has 1 aliphatic rings. The fourth-order valence-electron chi connectivity index (χ4n) is 4.44. The normalized spacial score (nSPS) is 16.1. The molecule has 1 aliphatic heterocycles. The van der Waals surface area contributed by atoms with Crippen molar-refractivity contribution >= 4 is 5.91 Å². The smallest absolute Gasteiger partial charge is 0.253 e. The van der Waals surface area contributed by atoms with E-state index in [4.69, 9.17) is 0 Å². The molecule has 4 nitrogen and oxygen atoms in total. The van der Waals surface area contributed by atoms with Gasteiger partial charge in [0.25, 0.3) is 5.91 Å². The van der Waals surface area contributed by atoms with E-state index in [2.05, 4.69) is 59.7 Å². The second-order valence-corrected chi connectivity index (χ2v) is 8.22. The van der Waals surface area contributed by atoms with Crippen molar-refractivity contribution < 1.29 is 4.79 Å². The fourth-order valence-corrected chi connectivity index (χ4v) is 4.44. The summed E-state index contributed by atoms with van der Waals surface area (Å²) in [5.41, 5.74) is 4.69. The molecular formula is C27H37N3O. The molecule has 166 valence electrons. The minimum absolute atomic E-state index is 0.110. The van der Waals surface area contributed by atoms with Gasteiger partial charge in [-0.2, -0.15) is 0 Å². The highest BCUT2D eigenvalue weighted by atomic mass is 16.2. The van der Waals surface area contributed by atoms with E-state index < -0.39 is 0 Å². The van der Waals surface area contributed by atoms with Gasteiger partial charge in [-0.1, -0.05) is 49.4 Å². The molecule has 2 aromatic carbocycles. The SMILES string of the molecule is C=CCN1CCN(C(c2ccc(CC)cc2)c2ccc(C(=O)N(CC)CC)cc2)CC1. The van der Waals surface area contributed by atoms with Crippen LogP contribution in [0.25, 0.3) is 0 Å². The van der Waals surface area contributed by atoms with Crippen LogP contribution < -0.4 is 0 Å². The van der Waals surface area contributed by atoms with Crippen molar-refractivity contribution in [3.63, 3.8) is 0 Å². The number of aryl methyl sites for hydroxylation is 1. The molecule has 1 fully saturated rings. The Kier molecular flexibility index (Phi) is 8.44. The van der Waals surface area contributed by atoms with E-state index >= 15 is 0 Å². The predicted octanol–water partition coefficient (Wildman–Crippen LogP) is 4.62. The number of amides is 1. The molecule has 0 spiro atoms. The van der Waals surface area contributed by atoms with Crippen molar-refractivity contribution in [2.45, 2.75) is 33.2 Å². The third-order valence-electron chi connectivity index (χ3n) is 6.39. The van der Waals surface area contributed by atoms with Crippen LogP contribution in [0.3, 0.4) is 0 Å². The lowest BCUT2D eigenvalue weighted by Crippen LogP contribution is -2.47. The third-order valence-corrected chi connectivity index (χ3v) is 6.39. The zero-order chi connectivity index (χ0) is 22.2. The van der Waals surface area contributed by atoms with Crippen molar-refractivity contribution in [2.75, 3.05) is 45.8 Å². The number of hydrogen-bond acceptors (Lipinski definition) is 3. The van der Waals surface area contributed by atoms with Crippen LogP contribution in [0.4, 0.5) is 0 Å². The molecule has 1 heterocycles. The second kappa shape index (κ2) is 11.3. The Balaban J connectivity index is 1.87. The Morgan fingerprint density at radius 3 is 1.97 bits per heavy atom. The summed E-state index contributed by atoms with van der Waals surface area (Å²) in [6, 6.07) is 17.5. The number of benzene rings is 2. The van der Waals surface area contributed by atoms with Crippen molar-refractivity contribution in [2.24, 2.45) is 0 Å². The Bertz CT molecular complexity index is 832. The van der Waals surface area contributed by atoms with E-state index in [1.54, 1.807) is 0 Å². The molecule has 0 bridgehead atoms. The first-order valence-corrected chi connectivity index (χ1v) is 11.7. The van der Waals surface area contributed by atoms with Crippen molar-refractivity contribution in [1.29, 1.82) is 0 Å². The minimum atomic E-state index is 0.110. The second-order valence-electron chi connectivity index (χ2n) is 8.22. The molecule has 31 heavy (non-hydrogen) atoms. The summed E-state index contributed by atoms with van der Waals surface area (Å²) >= 11 is 0. The van der Waals surface area contributed by atoms with Crippen LogP contribution in [-0.4, -0.2) is 66.4 Å². The molecule has 0 saturated carbocycles. The van der Waals surface area contributed by atoms with Crippen molar-refractivity contribution in [3.05, 3.63) is 83.4 Å². The van der Waals surface area contributed by atoms with Gasteiger partial charge >= 0.3 is 0 Å². The van der Waals surface area contributed by atoms with Crippen LogP contribution in [0.1, 0.15) is 53.9 Å². The first kappa shape index (κ1) is 23.2. The maximum Gasteiger partial charge on any atom is 0.253 e. The first-order chi connectivity index (χ1) is 15.1. The van der Waals surface area contributed by atoms with Crippen molar-refractivity contribution in [1.82, 2.24) is 14.7 Å². The lowest BCUT2D eigenvalue weighted by Gasteiger charge is -2.39. The number of carbonyl (C=O) groups excluding carboxylic acids is 1. The Labute approximate surface area is 188 Å². The van der Waals surface area contributed by atoms with E-state index in [-0.39, 0.29) is 11.9 Å². The van der Waals surface area contributed by atoms with Gasteiger partial charge in [0.15, 0.2) is 0 Å². The highest BCUT2D eigenvalue weighted by Crippen LogP contribution is 2.30. The lowest BCUT2D eigenvalue weighted by atomic mass is 9.94. The van der Waals surface area contributed by atoms with Crippen LogP contribution in [0, 0.1) is 0 Å². The molecule has 1 unspecified atom stereocenters. The zero-order valence-electron chi connectivity index (χ0n) is 19.4. The van der Waals surface area contributed by atoms with Crippen LogP contribution in [0.2, 0.25) is 0 Å². The maximum atomic E-state index is 12.7. The van der Waals surface area contributed by atoms with Gasteiger partial charge in [0.05, 0.1) is 6.04 Å². The van der Waals surface area contributed by atoms with Crippen LogP contribution >= 0.6 is 0 Å². The molecule has 1 amide bonds.